The molecular weight excluding hydrogens is 682 g/mol. The molecule has 3 saturated heterocycles. The van der Waals surface area contributed by atoms with Gasteiger partial charge in [0.1, 0.15) is 12.1 Å². The number of aryl methyl sites for hydroxylation is 2. The van der Waals surface area contributed by atoms with Gasteiger partial charge in [-0.15, -0.1) is 0 Å². The predicted octanol–water partition coefficient (Wildman–Crippen LogP) is 2.52. The number of aliphatic hydroxyl groups excluding tert-OH is 1. The van der Waals surface area contributed by atoms with E-state index in [4.69, 9.17) is 18.9 Å². The first-order valence-electron chi connectivity index (χ1n) is 18.4. The van der Waals surface area contributed by atoms with Gasteiger partial charge >= 0.3 is 11.9 Å². The quantitative estimate of drug-likeness (QED) is 0.244. The highest BCUT2D eigenvalue weighted by Crippen LogP contribution is 2.55. The van der Waals surface area contributed by atoms with Gasteiger partial charge in [0.15, 0.2) is 11.7 Å². The summed E-state index contributed by atoms with van der Waals surface area (Å²) in [5, 5.41) is 24.4. The van der Waals surface area contributed by atoms with Crippen LogP contribution in [0.25, 0.3) is 0 Å². The number of nitrogens with one attached hydrogen (secondary N) is 1. The van der Waals surface area contributed by atoms with E-state index in [1.54, 1.807) is 13.8 Å². The Hall–Kier alpha value is -3.88. The minimum atomic E-state index is -1.53. The molecule has 6 atom stereocenters. The summed E-state index contributed by atoms with van der Waals surface area (Å²) in [5.41, 5.74) is 1.92. The van der Waals surface area contributed by atoms with Gasteiger partial charge in [0.25, 0.3) is 0 Å². The molecule has 0 aliphatic carbocycles. The van der Waals surface area contributed by atoms with E-state index >= 15 is 0 Å². The van der Waals surface area contributed by atoms with Crippen molar-refractivity contribution in [3.63, 3.8) is 0 Å². The Morgan fingerprint density at radius 3 is 2.30 bits per heavy atom. The standard InChI is InChI=1S/C40H55N3O10/c1-25-11-16-31(40-35(52-27(3)45)22-34(51-26(2)44)39(53-40,24-50-40)38(4,5)49)20-30(25)19-29-14-12-28(13-15-29)9-8-10-36(47)43-23-32(46)21-33(43)37(48)41-17-18-42(6)7/h11-16,20,32-35,46,49H,8-10,17-19,21-24H2,1-7H3,(H,41,48)/t32-,33-,34-,35+,39-,40-/m0/s1. The Kier molecular flexibility index (Phi) is 12.3. The Balaban J connectivity index is 1.25. The van der Waals surface area contributed by atoms with Crippen LogP contribution in [0.5, 0.6) is 0 Å². The van der Waals surface area contributed by atoms with Crippen molar-refractivity contribution in [1.82, 2.24) is 15.1 Å². The maximum Gasteiger partial charge on any atom is 0.303 e. The highest BCUT2D eigenvalue weighted by atomic mass is 16.8. The summed E-state index contributed by atoms with van der Waals surface area (Å²) in [6.45, 7) is 9.00. The molecule has 2 bridgehead atoms. The van der Waals surface area contributed by atoms with E-state index in [2.05, 4.69) is 17.4 Å². The highest BCUT2D eigenvalue weighted by molar-refractivity contribution is 5.88. The van der Waals surface area contributed by atoms with Gasteiger partial charge < -0.3 is 44.3 Å². The fraction of sp³-hybridized carbons (Fsp3) is 0.600. The second kappa shape index (κ2) is 16.2. The Bertz CT molecular complexity index is 1660. The number of rotatable bonds is 14. The second-order valence-corrected chi connectivity index (χ2v) is 15.5. The van der Waals surface area contributed by atoms with Gasteiger partial charge in [-0.25, -0.2) is 0 Å². The van der Waals surface area contributed by atoms with Crippen molar-refractivity contribution >= 4 is 23.8 Å². The maximum atomic E-state index is 13.1. The molecule has 3 aliphatic rings. The number of likely N-dealkylation sites (tertiary alicyclic amines) is 1. The number of fused-ring (bicyclic) bond motifs is 2. The van der Waals surface area contributed by atoms with Gasteiger partial charge in [0.05, 0.1) is 18.3 Å². The van der Waals surface area contributed by atoms with Crippen molar-refractivity contribution in [2.24, 2.45) is 0 Å². The fourth-order valence-corrected chi connectivity index (χ4v) is 7.66. The van der Waals surface area contributed by atoms with E-state index in [1.807, 2.05) is 56.3 Å². The van der Waals surface area contributed by atoms with Crippen LogP contribution < -0.4 is 5.32 Å². The molecule has 13 nitrogen and oxygen atoms in total. The van der Waals surface area contributed by atoms with E-state index in [0.717, 1.165) is 22.3 Å². The Labute approximate surface area is 311 Å². The van der Waals surface area contributed by atoms with Gasteiger partial charge in [-0.3, -0.25) is 19.2 Å². The van der Waals surface area contributed by atoms with Gasteiger partial charge in [0, 0.05) is 58.3 Å². The normalized spacial score (nSPS) is 26.8. The summed E-state index contributed by atoms with van der Waals surface area (Å²) in [6, 6.07) is 13.4. The fourth-order valence-electron chi connectivity index (χ4n) is 7.66. The summed E-state index contributed by atoms with van der Waals surface area (Å²) >= 11 is 0. The largest absolute Gasteiger partial charge is 0.459 e. The first-order chi connectivity index (χ1) is 24.9. The minimum Gasteiger partial charge on any atom is -0.459 e. The molecule has 0 spiro atoms. The monoisotopic (exact) mass is 737 g/mol. The zero-order chi connectivity index (χ0) is 38.7. The van der Waals surface area contributed by atoms with E-state index < -0.39 is 53.3 Å². The third-order valence-corrected chi connectivity index (χ3v) is 10.6. The summed E-state index contributed by atoms with van der Waals surface area (Å²) in [7, 11) is 3.84. The third kappa shape index (κ3) is 8.92. The van der Waals surface area contributed by atoms with Gasteiger partial charge in [-0.05, 0) is 82.4 Å². The number of amides is 2. The number of ether oxygens (including phenoxy) is 4. The highest BCUT2D eigenvalue weighted by Gasteiger charge is 2.70. The summed E-state index contributed by atoms with van der Waals surface area (Å²) in [5.74, 6) is -2.98. The van der Waals surface area contributed by atoms with Crippen molar-refractivity contribution < 1.29 is 48.3 Å². The molecule has 0 radical (unpaired) electrons. The molecule has 3 aliphatic heterocycles. The zero-order valence-corrected chi connectivity index (χ0v) is 32.0. The van der Waals surface area contributed by atoms with Crippen molar-refractivity contribution in [1.29, 1.82) is 0 Å². The molecule has 5 rings (SSSR count). The molecule has 290 valence electrons. The van der Waals surface area contributed by atoms with Crippen molar-refractivity contribution in [3.05, 3.63) is 70.3 Å². The van der Waals surface area contributed by atoms with Crippen LogP contribution in [0.15, 0.2) is 42.5 Å². The molecule has 0 saturated carbocycles. The molecule has 0 unspecified atom stereocenters. The number of likely N-dealkylation sites (N-methyl/N-ethyl adjacent to an activating group) is 1. The van der Waals surface area contributed by atoms with E-state index in [9.17, 15) is 29.4 Å². The first kappa shape index (κ1) is 40.3. The van der Waals surface area contributed by atoms with Crippen LogP contribution >= 0.6 is 0 Å². The number of hydrogen-bond acceptors (Lipinski definition) is 11. The van der Waals surface area contributed by atoms with Crippen LogP contribution in [0.3, 0.4) is 0 Å². The number of hydrogen-bond donors (Lipinski definition) is 3. The average molecular weight is 738 g/mol. The molecule has 0 aromatic heterocycles. The lowest BCUT2D eigenvalue weighted by Gasteiger charge is -2.50. The number of β-amino-alcohol motifs (C(OH)–C–C–N with tert-alkyl or cyclic N) is 1. The lowest BCUT2D eigenvalue weighted by atomic mass is 9.76. The number of carbonyl (C=O) groups excluding carboxylic acids is 4. The summed E-state index contributed by atoms with van der Waals surface area (Å²) < 4.78 is 24.4. The smallest absolute Gasteiger partial charge is 0.303 e. The van der Waals surface area contributed by atoms with Crippen LogP contribution in [-0.4, -0.2) is 120 Å². The SMILES string of the molecule is CC(=O)O[C@H]1C[C@@H](OC(C)=O)[C@@]2(c3ccc(C)c(Cc4ccc(CCCC(=O)N5C[C@@H](O)C[C@H]5C(=O)NCCN(C)C)cc4)c3)OC[C@]1(C(C)(C)O)O2. The van der Waals surface area contributed by atoms with E-state index in [0.29, 0.717) is 37.9 Å². The number of benzene rings is 2. The Morgan fingerprint density at radius 1 is 1.00 bits per heavy atom. The lowest BCUT2D eigenvalue weighted by Crippen LogP contribution is -2.66. The van der Waals surface area contributed by atoms with Crippen molar-refractivity contribution in [3.8, 4) is 0 Å². The molecule has 2 aromatic rings. The molecule has 2 aromatic carbocycles. The Morgan fingerprint density at radius 2 is 1.66 bits per heavy atom. The first-order valence-corrected chi connectivity index (χ1v) is 18.4. The molecular formula is C40H55N3O10. The van der Waals surface area contributed by atoms with Crippen LogP contribution in [0.2, 0.25) is 0 Å². The lowest BCUT2D eigenvalue weighted by molar-refractivity contribution is -0.324. The molecule has 3 heterocycles. The molecule has 2 amide bonds. The number of aliphatic hydroxyl groups is 2. The van der Waals surface area contributed by atoms with E-state index in [1.165, 1.54) is 18.7 Å². The van der Waals surface area contributed by atoms with Gasteiger partial charge in [-0.2, -0.15) is 0 Å². The van der Waals surface area contributed by atoms with Crippen molar-refractivity contribution in [2.75, 3.05) is 40.3 Å². The summed E-state index contributed by atoms with van der Waals surface area (Å²) in [4.78, 5) is 53.7. The van der Waals surface area contributed by atoms with Crippen LogP contribution in [0, 0.1) is 6.92 Å². The number of carbonyl (C=O) groups is 4. The summed E-state index contributed by atoms with van der Waals surface area (Å²) in [6.07, 6.45) is -0.0989. The molecule has 3 N–H and O–H groups in total. The number of nitrogens with zero attached hydrogens (tertiary/aromatic N) is 2. The van der Waals surface area contributed by atoms with Gasteiger partial charge in [0.2, 0.25) is 17.6 Å². The minimum absolute atomic E-state index is 0.0758. The molecule has 13 heteroatoms. The van der Waals surface area contributed by atoms with Crippen molar-refractivity contribution in [2.45, 2.75) is 114 Å². The zero-order valence-electron chi connectivity index (χ0n) is 32.0. The molecule has 3 fully saturated rings. The molecule has 53 heavy (non-hydrogen) atoms. The average Bonchev–Trinajstić information content (AvgIpc) is 3.65. The van der Waals surface area contributed by atoms with Crippen LogP contribution in [0.1, 0.15) is 81.2 Å². The predicted molar refractivity (Wildman–Crippen MR) is 195 cm³/mol. The van der Waals surface area contributed by atoms with Crippen LogP contribution in [0.4, 0.5) is 0 Å². The maximum absolute atomic E-state index is 13.1. The number of esters is 2. The van der Waals surface area contributed by atoms with E-state index in [-0.39, 0.29) is 44.2 Å². The second-order valence-electron chi connectivity index (χ2n) is 15.5. The topological polar surface area (TPSA) is 164 Å². The third-order valence-electron chi connectivity index (χ3n) is 10.6. The van der Waals surface area contributed by atoms with Gasteiger partial charge in [-0.1, -0.05) is 36.4 Å². The van der Waals surface area contributed by atoms with Crippen LogP contribution in [-0.2, 0) is 56.8 Å².